The number of aromatic nitrogens is 3. The highest BCUT2D eigenvalue weighted by Gasteiger charge is 2.43. The Labute approximate surface area is 185 Å². The number of benzene rings is 1. The van der Waals surface area contributed by atoms with E-state index in [4.69, 9.17) is 19.4 Å². The van der Waals surface area contributed by atoms with Gasteiger partial charge in [-0.25, -0.2) is 9.97 Å². The maximum absolute atomic E-state index is 12.7. The van der Waals surface area contributed by atoms with Crippen LogP contribution in [0.15, 0.2) is 36.7 Å². The summed E-state index contributed by atoms with van der Waals surface area (Å²) >= 11 is -1.15. The summed E-state index contributed by atoms with van der Waals surface area (Å²) in [6, 6.07) is 8.36. The Balaban J connectivity index is 1.73. The molecular weight excluding hydrogens is 412 g/mol. The van der Waals surface area contributed by atoms with Crippen molar-refractivity contribution in [2.45, 2.75) is 37.6 Å². The quantitative estimate of drug-likeness (QED) is 0.580. The average molecular weight is 439 g/mol. The van der Waals surface area contributed by atoms with Crippen molar-refractivity contribution in [3.8, 4) is 17.1 Å². The first-order valence-corrected chi connectivity index (χ1v) is 12.0. The van der Waals surface area contributed by atoms with Gasteiger partial charge in [0, 0.05) is 23.3 Å². The molecule has 1 saturated heterocycles. The number of morpholine rings is 1. The molecule has 2 aromatic heterocycles. The minimum absolute atomic E-state index is 0.0999. The highest BCUT2D eigenvalue weighted by Crippen LogP contribution is 2.44. The highest BCUT2D eigenvalue weighted by molar-refractivity contribution is 7.91. The van der Waals surface area contributed by atoms with Gasteiger partial charge in [-0.1, -0.05) is 12.1 Å². The fraction of sp³-hybridized carbons (Fsp3) is 0.435. The lowest BCUT2D eigenvalue weighted by Gasteiger charge is -2.45. The van der Waals surface area contributed by atoms with Gasteiger partial charge in [-0.15, -0.1) is 0 Å². The third-order valence-corrected chi connectivity index (χ3v) is 7.87. The standard InChI is InChI=1S/C23H26N4O3S/c1-14-11-29-12-18-13-30-19-20(23(2,3)31(4)28)25-21(26-22(19)27(14)18)16-6-5-15-7-8-24-10-17(15)9-16/h5-10,14,18H,11-13H2,1-4H3/t14-,18+,31?/m1/s1. The van der Waals surface area contributed by atoms with Crippen LogP contribution in [0.5, 0.6) is 5.75 Å². The molecule has 0 saturated carbocycles. The molecule has 1 aromatic carbocycles. The molecule has 5 rings (SSSR count). The second-order valence-electron chi connectivity index (χ2n) is 8.71. The Hall–Kier alpha value is -2.42. The number of hydrogen-bond acceptors (Lipinski definition) is 7. The second-order valence-corrected chi connectivity index (χ2v) is 10.6. The van der Waals surface area contributed by atoms with E-state index in [2.05, 4.69) is 22.9 Å². The lowest BCUT2D eigenvalue weighted by molar-refractivity contribution is 0.0482. The number of anilines is 1. The number of fused-ring (bicyclic) bond motifs is 4. The first-order valence-electron chi connectivity index (χ1n) is 10.5. The van der Waals surface area contributed by atoms with Crippen molar-refractivity contribution >= 4 is 27.8 Å². The molecule has 2 aliphatic heterocycles. The van der Waals surface area contributed by atoms with Gasteiger partial charge in [0.25, 0.3) is 0 Å². The van der Waals surface area contributed by atoms with Crippen molar-refractivity contribution in [3.63, 3.8) is 0 Å². The van der Waals surface area contributed by atoms with E-state index in [1.165, 1.54) is 0 Å². The van der Waals surface area contributed by atoms with Crippen LogP contribution in [0.25, 0.3) is 22.2 Å². The molecule has 1 fully saturated rings. The van der Waals surface area contributed by atoms with Crippen LogP contribution in [0.3, 0.4) is 0 Å². The average Bonchev–Trinajstić information content (AvgIpc) is 2.77. The number of pyridine rings is 1. The summed E-state index contributed by atoms with van der Waals surface area (Å²) in [6.07, 6.45) is 5.33. The predicted octanol–water partition coefficient (Wildman–Crippen LogP) is 3.29. The summed E-state index contributed by atoms with van der Waals surface area (Å²) in [7, 11) is 0. The zero-order valence-electron chi connectivity index (χ0n) is 18.2. The number of nitrogens with zero attached hydrogens (tertiary/aromatic N) is 4. The maximum Gasteiger partial charge on any atom is 0.189 e. The molecule has 1 unspecified atom stereocenters. The van der Waals surface area contributed by atoms with Crippen LogP contribution in [0.4, 0.5) is 5.82 Å². The topological polar surface area (TPSA) is 83.4 Å². The van der Waals surface area contributed by atoms with Crippen LogP contribution in [-0.2, 0) is 20.7 Å². The van der Waals surface area contributed by atoms with Crippen molar-refractivity contribution in [2.24, 2.45) is 0 Å². The van der Waals surface area contributed by atoms with Crippen molar-refractivity contribution in [1.29, 1.82) is 0 Å². The van der Waals surface area contributed by atoms with E-state index >= 15 is 0 Å². The van der Waals surface area contributed by atoms with Gasteiger partial charge >= 0.3 is 0 Å². The lowest BCUT2D eigenvalue weighted by atomic mass is 10.0. The highest BCUT2D eigenvalue weighted by atomic mass is 32.2. The van der Waals surface area contributed by atoms with Crippen LogP contribution >= 0.6 is 0 Å². The molecule has 0 spiro atoms. The molecular formula is C23H26N4O3S. The third kappa shape index (κ3) is 3.43. The van der Waals surface area contributed by atoms with Crippen LogP contribution in [0.1, 0.15) is 26.5 Å². The van der Waals surface area contributed by atoms with E-state index in [9.17, 15) is 4.55 Å². The third-order valence-electron chi connectivity index (χ3n) is 6.24. The van der Waals surface area contributed by atoms with E-state index < -0.39 is 15.9 Å². The molecule has 162 valence electrons. The van der Waals surface area contributed by atoms with Gasteiger partial charge in [-0.3, -0.25) is 4.98 Å². The Morgan fingerprint density at radius 2 is 1.97 bits per heavy atom. The van der Waals surface area contributed by atoms with Crippen LogP contribution in [-0.4, -0.2) is 57.7 Å². The molecule has 0 N–H and O–H groups in total. The fourth-order valence-corrected chi connectivity index (χ4v) is 4.64. The number of hydrogen-bond donors (Lipinski definition) is 0. The Bertz CT molecular complexity index is 1140. The van der Waals surface area contributed by atoms with Crippen molar-refractivity contribution < 1.29 is 14.0 Å². The van der Waals surface area contributed by atoms with Crippen LogP contribution in [0, 0.1) is 0 Å². The number of rotatable bonds is 3. The predicted molar refractivity (Wildman–Crippen MR) is 122 cm³/mol. The molecule has 4 heterocycles. The minimum Gasteiger partial charge on any atom is -0.616 e. The molecule has 0 aliphatic carbocycles. The largest absolute Gasteiger partial charge is 0.616 e. The Morgan fingerprint density at radius 1 is 1.13 bits per heavy atom. The molecule has 2 aliphatic rings. The SMILES string of the molecule is C[C@@H]1COC[C@H]2COc3c(nc(-c4ccc5ccncc5c4)nc3C(C)(C)[S+](C)[O-])N21. The summed E-state index contributed by atoms with van der Waals surface area (Å²) in [6.45, 7) is 7.75. The van der Waals surface area contributed by atoms with E-state index in [-0.39, 0.29) is 12.1 Å². The lowest BCUT2D eigenvalue weighted by Crippen LogP contribution is -2.56. The minimum atomic E-state index is -1.15. The Morgan fingerprint density at radius 3 is 2.77 bits per heavy atom. The molecule has 3 atom stereocenters. The van der Waals surface area contributed by atoms with Crippen molar-refractivity contribution in [2.75, 3.05) is 31.0 Å². The fourth-order valence-electron chi connectivity index (χ4n) is 4.23. The summed E-state index contributed by atoms with van der Waals surface area (Å²) in [5, 5.41) is 2.13. The first-order chi connectivity index (χ1) is 14.9. The van der Waals surface area contributed by atoms with Crippen LogP contribution < -0.4 is 9.64 Å². The van der Waals surface area contributed by atoms with Crippen molar-refractivity contribution in [1.82, 2.24) is 15.0 Å². The van der Waals surface area contributed by atoms with Gasteiger partial charge < -0.3 is 18.9 Å². The summed E-state index contributed by atoms with van der Waals surface area (Å²) in [5.74, 6) is 1.99. The normalized spacial score (nSPS) is 21.9. The monoisotopic (exact) mass is 438 g/mol. The molecule has 3 aromatic rings. The van der Waals surface area contributed by atoms with Gasteiger partial charge in [0.15, 0.2) is 22.1 Å². The number of ether oxygens (including phenoxy) is 2. The smallest absolute Gasteiger partial charge is 0.189 e. The van der Waals surface area contributed by atoms with Gasteiger partial charge in [-0.2, -0.15) is 0 Å². The molecule has 31 heavy (non-hydrogen) atoms. The van der Waals surface area contributed by atoms with Crippen molar-refractivity contribution in [3.05, 3.63) is 42.4 Å². The second kappa shape index (κ2) is 7.62. The Kier molecular flexibility index (Phi) is 5.03. The summed E-state index contributed by atoms with van der Waals surface area (Å²) < 4.78 is 23.9. The van der Waals surface area contributed by atoms with Gasteiger partial charge in [-0.05, 0) is 49.5 Å². The van der Waals surface area contributed by atoms with E-state index in [0.29, 0.717) is 37.1 Å². The summed E-state index contributed by atoms with van der Waals surface area (Å²) in [4.78, 5) is 16.4. The maximum atomic E-state index is 12.7. The molecule has 7 nitrogen and oxygen atoms in total. The van der Waals surface area contributed by atoms with Gasteiger partial charge in [0.2, 0.25) is 0 Å². The molecule has 0 bridgehead atoms. The zero-order chi connectivity index (χ0) is 21.8. The van der Waals surface area contributed by atoms with E-state index in [1.54, 1.807) is 12.5 Å². The van der Waals surface area contributed by atoms with Gasteiger partial charge in [0.05, 0.1) is 31.6 Å². The van der Waals surface area contributed by atoms with E-state index in [1.807, 2.05) is 38.2 Å². The molecule has 8 heteroatoms. The van der Waals surface area contributed by atoms with Crippen LogP contribution in [0.2, 0.25) is 0 Å². The first kappa shape index (κ1) is 20.5. The van der Waals surface area contributed by atoms with Gasteiger partial charge in [0.1, 0.15) is 12.3 Å². The molecule has 0 amide bonds. The molecule has 0 radical (unpaired) electrons. The summed E-state index contributed by atoms with van der Waals surface area (Å²) in [5.41, 5.74) is 1.57. The zero-order valence-corrected chi connectivity index (χ0v) is 19.0. The van der Waals surface area contributed by atoms with E-state index in [0.717, 1.165) is 22.2 Å².